The topological polar surface area (TPSA) is 38.0 Å². The van der Waals surface area contributed by atoms with Crippen molar-refractivity contribution in [1.29, 1.82) is 0 Å². The molecular weight excluding hydrogens is 236 g/mol. The van der Waals surface area contributed by atoms with Crippen molar-refractivity contribution in [3.8, 4) is 0 Å². The van der Waals surface area contributed by atoms with Crippen LogP contribution in [-0.4, -0.2) is 20.5 Å². The van der Waals surface area contributed by atoms with Gasteiger partial charge in [-0.15, -0.1) is 0 Å². The van der Waals surface area contributed by atoms with Crippen molar-refractivity contribution >= 4 is 0 Å². The van der Waals surface area contributed by atoms with E-state index in [-0.39, 0.29) is 0 Å². The summed E-state index contributed by atoms with van der Waals surface area (Å²) in [6.45, 7) is 2.02. The van der Waals surface area contributed by atoms with Gasteiger partial charge in [0.1, 0.15) is 0 Å². The van der Waals surface area contributed by atoms with E-state index < -0.39 is 5.60 Å². The van der Waals surface area contributed by atoms with E-state index in [1.54, 1.807) is 0 Å². The Balaban J connectivity index is 1.67. The smallest absolute Gasteiger partial charge is 0.0703 e. The van der Waals surface area contributed by atoms with Gasteiger partial charge in [0.25, 0.3) is 0 Å². The molecular formula is C16H26N2O. The van der Waals surface area contributed by atoms with Crippen LogP contribution in [0.2, 0.25) is 0 Å². The lowest BCUT2D eigenvalue weighted by Gasteiger charge is -2.42. The summed E-state index contributed by atoms with van der Waals surface area (Å²) in [5, 5.41) is 15.2. The summed E-state index contributed by atoms with van der Waals surface area (Å²) < 4.78 is 1.92. The zero-order chi connectivity index (χ0) is 13.5. The highest BCUT2D eigenvalue weighted by molar-refractivity contribution is 5.12. The van der Waals surface area contributed by atoms with Gasteiger partial charge < -0.3 is 5.11 Å². The Morgan fingerprint density at radius 3 is 2.32 bits per heavy atom. The third-order valence-corrected chi connectivity index (χ3v) is 5.51. The van der Waals surface area contributed by atoms with E-state index in [1.807, 2.05) is 18.7 Å². The maximum Gasteiger partial charge on any atom is 0.0703 e. The van der Waals surface area contributed by atoms with Crippen LogP contribution in [0.1, 0.15) is 62.8 Å². The van der Waals surface area contributed by atoms with Crippen molar-refractivity contribution in [2.75, 3.05) is 0 Å². The lowest BCUT2D eigenvalue weighted by molar-refractivity contribution is -0.0334. The predicted molar refractivity (Wildman–Crippen MR) is 76.0 cm³/mol. The zero-order valence-corrected chi connectivity index (χ0v) is 12.3. The van der Waals surface area contributed by atoms with Crippen molar-refractivity contribution in [3.63, 3.8) is 0 Å². The van der Waals surface area contributed by atoms with Crippen LogP contribution < -0.4 is 0 Å². The molecule has 0 saturated heterocycles. The molecule has 0 amide bonds. The average Bonchev–Trinajstić information content (AvgIpc) is 2.93. The second-order valence-electron chi connectivity index (χ2n) is 7.01. The van der Waals surface area contributed by atoms with Crippen LogP contribution in [0, 0.1) is 12.3 Å². The number of rotatable bonds is 2. The molecule has 0 bridgehead atoms. The first-order chi connectivity index (χ1) is 9.00. The van der Waals surface area contributed by atoms with E-state index in [0.717, 1.165) is 25.0 Å². The fraction of sp³-hybridized carbons (Fsp3) is 0.812. The molecule has 0 unspecified atom stereocenters. The molecule has 3 rings (SSSR count). The molecule has 19 heavy (non-hydrogen) atoms. The lowest BCUT2D eigenvalue weighted by Crippen LogP contribution is -2.40. The normalized spacial score (nSPS) is 25.0. The minimum absolute atomic E-state index is 0.492. The summed E-state index contributed by atoms with van der Waals surface area (Å²) in [6.07, 6.45) is 10.7. The molecule has 0 aromatic carbocycles. The van der Waals surface area contributed by atoms with E-state index in [1.165, 1.54) is 44.2 Å². The Hall–Kier alpha value is -0.830. The summed E-state index contributed by atoms with van der Waals surface area (Å²) in [7, 11) is 1.98. The van der Waals surface area contributed by atoms with Crippen LogP contribution in [0.25, 0.3) is 0 Å². The molecule has 2 fully saturated rings. The van der Waals surface area contributed by atoms with Gasteiger partial charge >= 0.3 is 0 Å². The zero-order valence-electron chi connectivity index (χ0n) is 12.3. The van der Waals surface area contributed by atoms with Gasteiger partial charge in [0.15, 0.2) is 0 Å². The number of aliphatic hydroxyl groups is 1. The SMILES string of the molecule is Cc1cc(CC2(O)CCC3(CCCC3)CC2)n(C)n1. The maximum absolute atomic E-state index is 10.9. The van der Waals surface area contributed by atoms with Gasteiger partial charge in [-0.3, -0.25) is 4.68 Å². The van der Waals surface area contributed by atoms with E-state index in [2.05, 4.69) is 11.2 Å². The Kier molecular flexibility index (Phi) is 3.20. The number of nitrogens with zero attached hydrogens (tertiary/aromatic N) is 2. The second-order valence-corrected chi connectivity index (χ2v) is 7.01. The van der Waals surface area contributed by atoms with Gasteiger partial charge in [-0.25, -0.2) is 0 Å². The molecule has 1 spiro atoms. The molecule has 1 aromatic rings. The standard InChI is InChI=1S/C16H26N2O/c1-13-11-14(18(2)17-13)12-16(19)9-7-15(8-10-16)5-3-4-6-15/h11,19H,3-10,12H2,1-2H3. The molecule has 0 atom stereocenters. The summed E-state index contributed by atoms with van der Waals surface area (Å²) in [4.78, 5) is 0. The summed E-state index contributed by atoms with van der Waals surface area (Å²) in [6, 6.07) is 2.11. The molecule has 0 radical (unpaired) electrons. The second kappa shape index (κ2) is 4.62. The van der Waals surface area contributed by atoms with Gasteiger partial charge in [-0.1, -0.05) is 12.8 Å². The van der Waals surface area contributed by atoms with Crippen LogP contribution in [0.4, 0.5) is 0 Å². The molecule has 1 heterocycles. The first-order valence-electron chi connectivity index (χ1n) is 7.72. The van der Waals surface area contributed by atoms with Crippen LogP contribution >= 0.6 is 0 Å². The minimum atomic E-state index is -0.492. The third kappa shape index (κ3) is 2.58. The molecule has 2 aliphatic rings. The average molecular weight is 262 g/mol. The van der Waals surface area contributed by atoms with Crippen LogP contribution in [0.5, 0.6) is 0 Å². The van der Waals surface area contributed by atoms with Gasteiger partial charge in [-0.2, -0.15) is 5.10 Å². The molecule has 2 aliphatic carbocycles. The molecule has 106 valence electrons. The van der Waals surface area contributed by atoms with Crippen molar-refractivity contribution in [3.05, 3.63) is 17.5 Å². The predicted octanol–water partition coefficient (Wildman–Crippen LogP) is 3.14. The molecule has 3 heteroatoms. The number of hydrogen-bond donors (Lipinski definition) is 1. The molecule has 1 N–H and O–H groups in total. The van der Waals surface area contributed by atoms with Crippen LogP contribution in [-0.2, 0) is 13.5 Å². The Morgan fingerprint density at radius 2 is 1.79 bits per heavy atom. The number of aromatic nitrogens is 2. The van der Waals surface area contributed by atoms with E-state index in [0.29, 0.717) is 5.41 Å². The summed E-state index contributed by atoms with van der Waals surface area (Å²) >= 11 is 0. The monoisotopic (exact) mass is 262 g/mol. The highest BCUT2D eigenvalue weighted by Crippen LogP contribution is 2.51. The van der Waals surface area contributed by atoms with E-state index in [4.69, 9.17) is 0 Å². The molecule has 1 aromatic heterocycles. The van der Waals surface area contributed by atoms with Crippen LogP contribution in [0.3, 0.4) is 0 Å². The fourth-order valence-electron chi connectivity index (χ4n) is 4.21. The Bertz CT molecular complexity index is 447. The van der Waals surface area contributed by atoms with Gasteiger partial charge in [0, 0.05) is 19.2 Å². The maximum atomic E-state index is 10.9. The van der Waals surface area contributed by atoms with E-state index >= 15 is 0 Å². The molecule has 2 saturated carbocycles. The first kappa shape index (κ1) is 13.2. The minimum Gasteiger partial charge on any atom is -0.389 e. The molecule has 0 aliphatic heterocycles. The number of aryl methyl sites for hydroxylation is 2. The quantitative estimate of drug-likeness (QED) is 0.889. The Labute approximate surface area is 116 Å². The van der Waals surface area contributed by atoms with E-state index in [9.17, 15) is 5.11 Å². The largest absolute Gasteiger partial charge is 0.389 e. The van der Waals surface area contributed by atoms with Crippen molar-refractivity contribution in [2.45, 2.75) is 70.3 Å². The van der Waals surface area contributed by atoms with Crippen molar-refractivity contribution in [2.24, 2.45) is 12.5 Å². The fourth-order valence-corrected chi connectivity index (χ4v) is 4.21. The lowest BCUT2D eigenvalue weighted by atomic mass is 9.66. The number of hydrogen-bond acceptors (Lipinski definition) is 2. The van der Waals surface area contributed by atoms with Crippen LogP contribution in [0.15, 0.2) is 6.07 Å². The highest BCUT2D eigenvalue weighted by Gasteiger charge is 2.43. The summed E-state index contributed by atoms with van der Waals surface area (Å²) in [5.41, 5.74) is 2.31. The van der Waals surface area contributed by atoms with Gasteiger partial charge in [0.05, 0.1) is 11.3 Å². The van der Waals surface area contributed by atoms with Crippen molar-refractivity contribution in [1.82, 2.24) is 9.78 Å². The van der Waals surface area contributed by atoms with Gasteiger partial charge in [0.2, 0.25) is 0 Å². The first-order valence-corrected chi connectivity index (χ1v) is 7.72. The third-order valence-electron chi connectivity index (χ3n) is 5.51. The van der Waals surface area contributed by atoms with Gasteiger partial charge in [-0.05, 0) is 56.9 Å². The highest BCUT2D eigenvalue weighted by atomic mass is 16.3. The summed E-state index contributed by atoms with van der Waals surface area (Å²) in [5.74, 6) is 0. The Morgan fingerprint density at radius 1 is 1.16 bits per heavy atom. The van der Waals surface area contributed by atoms with Crippen molar-refractivity contribution < 1.29 is 5.11 Å². The molecule has 3 nitrogen and oxygen atoms in total.